The van der Waals surface area contributed by atoms with Crippen molar-refractivity contribution in [3.8, 4) is 0 Å². The number of rotatable bonds is 5. The van der Waals surface area contributed by atoms with E-state index in [1.807, 2.05) is 13.8 Å². The van der Waals surface area contributed by atoms with Crippen molar-refractivity contribution < 1.29 is 5.11 Å². The molecule has 0 aliphatic carbocycles. The molecular formula is C11H19N3O2. The number of anilines is 1. The summed E-state index contributed by atoms with van der Waals surface area (Å²) in [4.78, 5) is 15.7. The number of aryl methyl sites for hydroxylation is 1. The maximum absolute atomic E-state index is 11.8. The van der Waals surface area contributed by atoms with Crippen LogP contribution in [0.2, 0.25) is 0 Å². The van der Waals surface area contributed by atoms with Crippen LogP contribution >= 0.6 is 0 Å². The number of aromatic nitrogens is 2. The van der Waals surface area contributed by atoms with Gasteiger partial charge in [0.2, 0.25) is 0 Å². The molecule has 1 aromatic heterocycles. The van der Waals surface area contributed by atoms with Gasteiger partial charge < -0.3 is 15.0 Å². The minimum absolute atomic E-state index is 0.156. The number of hydrogen-bond acceptors (Lipinski definition) is 4. The van der Waals surface area contributed by atoms with Gasteiger partial charge in [0.1, 0.15) is 0 Å². The molecule has 0 spiro atoms. The van der Waals surface area contributed by atoms with E-state index >= 15 is 0 Å². The highest BCUT2D eigenvalue weighted by Gasteiger charge is 2.17. The van der Waals surface area contributed by atoms with Crippen LogP contribution in [-0.4, -0.2) is 26.8 Å². The van der Waals surface area contributed by atoms with Crippen molar-refractivity contribution in [2.45, 2.75) is 39.3 Å². The van der Waals surface area contributed by atoms with E-state index in [1.54, 1.807) is 23.9 Å². The molecule has 1 aromatic rings. The molecule has 0 aliphatic rings. The molecule has 0 saturated heterocycles. The zero-order chi connectivity index (χ0) is 12.2. The molecule has 0 bridgehead atoms. The summed E-state index contributed by atoms with van der Waals surface area (Å²) in [6.07, 6.45) is 3.84. The van der Waals surface area contributed by atoms with Crippen molar-refractivity contribution in [1.29, 1.82) is 0 Å². The number of nitrogens with one attached hydrogen (secondary N) is 1. The van der Waals surface area contributed by atoms with Crippen molar-refractivity contribution >= 4 is 5.82 Å². The average molecular weight is 225 g/mol. The normalized spacial score (nSPS) is 14.5. The van der Waals surface area contributed by atoms with Crippen LogP contribution in [0.3, 0.4) is 0 Å². The van der Waals surface area contributed by atoms with Gasteiger partial charge in [-0.25, -0.2) is 4.98 Å². The van der Waals surface area contributed by atoms with E-state index in [1.165, 1.54) is 0 Å². The van der Waals surface area contributed by atoms with Crippen LogP contribution in [0.4, 0.5) is 5.82 Å². The zero-order valence-electron chi connectivity index (χ0n) is 10.0. The standard InChI is InChI=1S/C11H19N3O2/c1-4-11(3,16)8-13-9-10(15)14(5-2)7-6-12-9/h6-7,16H,4-5,8H2,1-3H3,(H,12,13). The Bertz CT molecular complexity index is 398. The van der Waals surface area contributed by atoms with Gasteiger partial charge in [0, 0.05) is 25.5 Å². The van der Waals surface area contributed by atoms with E-state index in [-0.39, 0.29) is 11.4 Å². The van der Waals surface area contributed by atoms with Crippen molar-refractivity contribution in [3.63, 3.8) is 0 Å². The quantitative estimate of drug-likeness (QED) is 0.779. The van der Waals surface area contributed by atoms with E-state index in [4.69, 9.17) is 0 Å². The van der Waals surface area contributed by atoms with Gasteiger partial charge in [0.05, 0.1) is 5.60 Å². The molecule has 1 unspecified atom stereocenters. The number of nitrogens with zero attached hydrogens (tertiary/aromatic N) is 2. The molecule has 1 rings (SSSR count). The molecule has 1 heterocycles. The van der Waals surface area contributed by atoms with Gasteiger partial charge >= 0.3 is 0 Å². The molecular weight excluding hydrogens is 206 g/mol. The van der Waals surface area contributed by atoms with Gasteiger partial charge in [0.15, 0.2) is 5.82 Å². The number of aliphatic hydroxyl groups is 1. The monoisotopic (exact) mass is 225 g/mol. The third-order valence-corrected chi connectivity index (χ3v) is 2.65. The maximum Gasteiger partial charge on any atom is 0.293 e. The van der Waals surface area contributed by atoms with Gasteiger partial charge in [-0.1, -0.05) is 6.92 Å². The molecule has 1 atom stereocenters. The van der Waals surface area contributed by atoms with Crippen molar-refractivity contribution in [2.24, 2.45) is 0 Å². The summed E-state index contributed by atoms with van der Waals surface area (Å²) in [5.41, 5.74) is -0.974. The van der Waals surface area contributed by atoms with Crippen LogP contribution in [-0.2, 0) is 6.54 Å². The SMILES string of the molecule is CCn1ccnc(NCC(C)(O)CC)c1=O. The minimum Gasteiger partial charge on any atom is -0.388 e. The molecule has 5 nitrogen and oxygen atoms in total. The molecule has 0 saturated carbocycles. The lowest BCUT2D eigenvalue weighted by Gasteiger charge is -2.21. The van der Waals surface area contributed by atoms with Crippen LogP contribution in [0.1, 0.15) is 27.2 Å². The van der Waals surface area contributed by atoms with Gasteiger partial charge in [-0.05, 0) is 20.3 Å². The Hall–Kier alpha value is -1.36. The van der Waals surface area contributed by atoms with Crippen molar-refractivity contribution in [2.75, 3.05) is 11.9 Å². The Balaban J connectivity index is 2.79. The highest BCUT2D eigenvalue weighted by molar-refractivity contribution is 5.31. The van der Waals surface area contributed by atoms with Gasteiger partial charge in [-0.2, -0.15) is 0 Å². The Morgan fingerprint density at radius 3 is 2.81 bits per heavy atom. The average Bonchev–Trinajstić information content (AvgIpc) is 2.28. The predicted octanol–water partition coefficient (Wildman–Crippen LogP) is 0.836. The van der Waals surface area contributed by atoms with E-state index in [0.29, 0.717) is 19.5 Å². The second-order valence-electron chi connectivity index (χ2n) is 4.07. The fraction of sp³-hybridized carbons (Fsp3) is 0.636. The molecule has 0 fully saturated rings. The molecule has 2 N–H and O–H groups in total. The molecule has 5 heteroatoms. The highest BCUT2D eigenvalue weighted by atomic mass is 16.3. The van der Waals surface area contributed by atoms with Crippen LogP contribution in [0.5, 0.6) is 0 Å². The zero-order valence-corrected chi connectivity index (χ0v) is 10.0. The second-order valence-corrected chi connectivity index (χ2v) is 4.07. The maximum atomic E-state index is 11.8. The second kappa shape index (κ2) is 5.12. The van der Waals surface area contributed by atoms with E-state index in [9.17, 15) is 9.90 Å². The summed E-state index contributed by atoms with van der Waals surface area (Å²) in [6, 6.07) is 0. The largest absolute Gasteiger partial charge is 0.388 e. The summed E-state index contributed by atoms with van der Waals surface area (Å²) >= 11 is 0. The molecule has 0 aliphatic heterocycles. The van der Waals surface area contributed by atoms with Crippen molar-refractivity contribution in [3.05, 3.63) is 22.7 Å². The van der Waals surface area contributed by atoms with E-state index < -0.39 is 5.60 Å². The van der Waals surface area contributed by atoms with Gasteiger partial charge in [-0.3, -0.25) is 4.79 Å². The third kappa shape index (κ3) is 3.06. The smallest absolute Gasteiger partial charge is 0.293 e. The third-order valence-electron chi connectivity index (χ3n) is 2.65. The van der Waals surface area contributed by atoms with Crippen molar-refractivity contribution in [1.82, 2.24) is 9.55 Å². The summed E-state index contributed by atoms with van der Waals surface area (Å²) in [5, 5.41) is 12.7. The van der Waals surface area contributed by atoms with Crippen LogP contribution in [0, 0.1) is 0 Å². The van der Waals surface area contributed by atoms with E-state index in [0.717, 1.165) is 0 Å². The summed E-state index contributed by atoms with van der Waals surface area (Å²) in [5.74, 6) is 0.290. The Kier molecular flexibility index (Phi) is 4.06. The molecule has 0 radical (unpaired) electrons. The molecule has 16 heavy (non-hydrogen) atoms. The van der Waals surface area contributed by atoms with Crippen LogP contribution in [0.25, 0.3) is 0 Å². The number of hydrogen-bond donors (Lipinski definition) is 2. The Labute approximate surface area is 95.1 Å². The topological polar surface area (TPSA) is 67.2 Å². The Morgan fingerprint density at radius 1 is 1.56 bits per heavy atom. The molecule has 0 amide bonds. The van der Waals surface area contributed by atoms with Gasteiger partial charge in [0.25, 0.3) is 5.56 Å². The lowest BCUT2D eigenvalue weighted by Crippen LogP contribution is -2.35. The molecule has 0 aromatic carbocycles. The predicted molar refractivity (Wildman–Crippen MR) is 63.6 cm³/mol. The first kappa shape index (κ1) is 12.7. The first-order valence-electron chi connectivity index (χ1n) is 5.52. The fourth-order valence-electron chi connectivity index (χ4n) is 1.22. The van der Waals surface area contributed by atoms with Crippen LogP contribution < -0.4 is 10.9 Å². The minimum atomic E-state index is -0.818. The van der Waals surface area contributed by atoms with Gasteiger partial charge in [-0.15, -0.1) is 0 Å². The highest BCUT2D eigenvalue weighted by Crippen LogP contribution is 2.08. The van der Waals surface area contributed by atoms with Crippen LogP contribution in [0.15, 0.2) is 17.2 Å². The fourth-order valence-corrected chi connectivity index (χ4v) is 1.22. The summed E-state index contributed by atoms with van der Waals surface area (Å²) in [6.45, 7) is 6.44. The lowest BCUT2D eigenvalue weighted by molar-refractivity contribution is 0.0696. The lowest BCUT2D eigenvalue weighted by atomic mass is 10.0. The first-order chi connectivity index (χ1) is 7.50. The Morgan fingerprint density at radius 2 is 2.25 bits per heavy atom. The summed E-state index contributed by atoms with van der Waals surface area (Å²) < 4.78 is 1.57. The first-order valence-corrected chi connectivity index (χ1v) is 5.52. The molecule has 90 valence electrons. The summed E-state index contributed by atoms with van der Waals surface area (Å²) in [7, 11) is 0. The van der Waals surface area contributed by atoms with E-state index in [2.05, 4.69) is 10.3 Å².